The normalized spacial score (nSPS) is 10.6. The molecule has 3 nitrogen and oxygen atoms in total. The minimum absolute atomic E-state index is 0.0379. The van der Waals surface area contributed by atoms with E-state index < -0.39 is 0 Å². The van der Waals surface area contributed by atoms with Gasteiger partial charge in [0.25, 0.3) is 5.91 Å². The van der Waals surface area contributed by atoms with Crippen LogP contribution < -0.4 is 10.1 Å². The Bertz CT molecular complexity index is 673. The maximum Gasteiger partial charge on any atom is 0.255 e. The number of rotatable bonds is 5. The van der Waals surface area contributed by atoms with Crippen LogP contribution >= 0.6 is 15.9 Å². The highest BCUT2D eigenvalue weighted by atomic mass is 79.9. The van der Waals surface area contributed by atoms with Crippen molar-refractivity contribution in [2.24, 2.45) is 0 Å². The molecule has 0 atom stereocenters. The standard InChI is InChI=1S/C17H17BrFNO2/c1-11(2)22-16-9-13(18)6-7-15(16)17(21)20-10-12-4-3-5-14(19)8-12/h3-9,11H,10H2,1-2H3,(H,20,21). The van der Waals surface area contributed by atoms with Crippen LogP contribution in [-0.2, 0) is 6.54 Å². The first-order valence-corrected chi connectivity index (χ1v) is 7.74. The molecule has 116 valence electrons. The summed E-state index contributed by atoms with van der Waals surface area (Å²) in [7, 11) is 0. The second-order valence-electron chi connectivity index (χ2n) is 5.12. The summed E-state index contributed by atoms with van der Waals surface area (Å²) in [5, 5.41) is 2.77. The van der Waals surface area contributed by atoms with Crippen molar-refractivity contribution in [1.29, 1.82) is 0 Å². The number of ether oxygens (including phenoxy) is 1. The number of halogens is 2. The second-order valence-corrected chi connectivity index (χ2v) is 6.04. The van der Waals surface area contributed by atoms with Crippen LogP contribution in [0.1, 0.15) is 29.8 Å². The molecule has 0 aliphatic heterocycles. The smallest absolute Gasteiger partial charge is 0.255 e. The van der Waals surface area contributed by atoms with Crippen LogP contribution in [-0.4, -0.2) is 12.0 Å². The zero-order valence-corrected chi connectivity index (χ0v) is 14.0. The third-order valence-corrected chi connectivity index (χ3v) is 3.39. The van der Waals surface area contributed by atoms with Gasteiger partial charge in [0.1, 0.15) is 11.6 Å². The van der Waals surface area contributed by atoms with Gasteiger partial charge < -0.3 is 10.1 Å². The number of hydrogen-bond donors (Lipinski definition) is 1. The van der Waals surface area contributed by atoms with E-state index in [1.165, 1.54) is 12.1 Å². The summed E-state index contributed by atoms with van der Waals surface area (Å²) in [5.41, 5.74) is 1.16. The van der Waals surface area contributed by atoms with Gasteiger partial charge in [0, 0.05) is 11.0 Å². The first-order chi connectivity index (χ1) is 10.5. The molecular formula is C17H17BrFNO2. The molecular weight excluding hydrogens is 349 g/mol. The van der Waals surface area contributed by atoms with Crippen molar-refractivity contribution in [2.75, 3.05) is 0 Å². The number of hydrogen-bond acceptors (Lipinski definition) is 2. The second kappa shape index (κ2) is 7.40. The van der Waals surface area contributed by atoms with Gasteiger partial charge in [0.05, 0.1) is 11.7 Å². The lowest BCUT2D eigenvalue weighted by Gasteiger charge is -2.14. The van der Waals surface area contributed by atoms with Gasteiger partial charge in [-0.2, -0.15) is 0 Å². The molecule has 0 aliphatic rings. The van der Waals surface area contributed by atoms with Gasteiger partial charge >= 0.3 is 0 Å². The van der Waals surface area contributed by atoms with Crippen LogP contribution in [0.5, 0.6) is 5.75 Å². The highest BCUT2D eigenvalue weighted by Gasteiger charge is 2.14. The summed E-state index contributed by atoms with van der Waals surface area (Å²) in [6.45, 7) is 4.05. The molecule has 0 aliphatic carbocycles. The van der Waals surface area contributed by atoms with Crippen molar-refractivity contribution in [3.05, 3.63) is 63.9 Å². The molecule has 0 radical (unpaired) electrons. The molecule has 22 heavy (non-hydrogen) atoms. The third kappa shape index (κ3) is 4.56. The average Bonchev–Trinajstić information content (AvgIpc) is 2.44. The minimum atomic E-state index is -0.320. The molecule has 0 saturated heterocycles. The molecule has 2 rings (SSSR count). The van der Waals surface area contributed by atoms with Gasteiger partial charge in [-0.3, -0.25) is 4.79 Å². The predicted octanol–water partition coefficient (Wildman–Crippen LogP) is 4.31. The summed E-state index contributed by atoms with van der Waals surface area (Å²) in [6, 6.07) is 11.4. The monoisotopic (exact) mass is 365 g/mol. The Hall–Kier alpha value is -1.88. The van der Waals surface area contributed by atoms with E-state index in [4.69, 9.17) is 4.74 Å². The number of benzene rings is 2. The van der Waals surface area contributed by atoms with Gasteiger partial charge in [0.2, 0.25) is 0 Å². The number of nitrogens with one attached hydrogen (secondary N) is 1. The fourth-order valence-corrected chi connectivity index (χ4v) is 2.30. The van der Waals surface area contributed by atoms with E-state index in [0.717, 1.165) is 4.47 Å². The van der Waals surface area contributed by atoms with E-state index in [9.17, 15) is 9.18 Å². The number of carbonyl (C=O) groups excluding carboxylic acids is 1. The highest BCUT2D eigenvalue weighted by Crippen LogP contribution is 2.25. The fraction of sp³-hybridized carbons (Fsp3) is 0.235. The predicted molar refractivity (Wildman–Crippen MR) is 87.5 cm³/mol. The van der Waals surface area contributed by atoms with Gasteiger partial charge in [-0.15, -0.1) is 0 Å². The molecule has 1 amide bonds. The van der Waals surface area contributed by atoms with Crippen molar-refractivity contribution in [3.63, 3.8) is 0 Å². The zero-order valence-electron chi connectivity index (χ0n) is 12.4. The molecule has 0 saturated carbocycles. The average molecular weight is 366 g/mol. The molecule has 0 aromatic heterocycles. The largest absolute Gasteiger partial charge is 0.490 e. The molecule has 0 fully saturated rings. The van der Waals surface area contributed by atoms with Gasteiger partial charge in [-0.25, -0.2) is 4.39 Å². The third-order valence-electron chi connectivity index (χ3n) is 2.89. The Morgan fingerprint density at radius 1 is 1.27 bits per heavy atom. The molecule has 2 aromatic rings. The lowest BCUT2D eigenvalue weighted by atomic mass is 10.1. The zero-order chi connectivity index (χ0) is 16.1. The van der Waals surface area contributed by atoms with Crippen molar-refractivity contribution in [1.82, 2.24) is 5.32 Å². The SMILES string of the molecule is CC(C)Oc1cc(Br)ccc1C(=O)NCc1cccc(F)c1. The van der Waals surface area contributed by atoms with Gasteiger partial charge in [0.15, 0.2) is 0 Å². The minimum Gasteiger partial charge on any atom is -0.490 e. The van der Waals surface area contributed by atoms with E-state index in [2.05, 4.69) is 21.2 Å². The maximum absolute atomic E-state index is 13.1. The molecule has 0 spiro atoms. The van der Waals surface area contributed by atoms with Gasteiger partial charge in [-0.05, 0) is 49.7 Å². The summed E-state index contributed by atoms with van der Waals surface area (Å²) in [4.78, 5) is 12.3. The van der Waals surface area contributed by atoms with Crippen LogP contribution in [0.4, 0.5) is 4.39 Å². The van der Waals surface area contributed by atoms with Crippen molar-refractivity contribution >= 4 is 21.8 Å². The summed E-state index contributed by atoms with van der Waals surface area (Å²) in [6.07, 6.45) is -0.0379. The van der Waals surface area contributed by atoms with E-state index in [0.29, 0.717) is 16.9 Å². The first-order valence-electron chi connectivity index (χ1n) is 6.94. The van der Waals surface area contributed by atoms with Gasteiger partial charge in [-0.1, -0.05) is 28.1 Å². The Morgan fingerprint density at radius 3 is 2.73 bits per heavy atom. The van der Waals surface area contributed by atoms with Crippen molar-refractivity contribution in [3.8, 4) is 5.75 Å². The van der Waals surface area contributed by atoms with Crippen molar-refractivity contribution in [2.45, 2.75) is 26.5 Å². The molecule has 5 heteroatoms. The van der Waals surface area contributed by atoms with Crippen LogP contribution in [0.2, 0.25) is 0 Å². The van der Waals surface area contributed by atoms with E-state index in [1.54, 1.807) is 30.3 Å². The lowest BCUT2D eigenvalue weighted by molar-refractivity contribution is 0.0945. The van der Waals surface area contributed by atoms with E-state index >= 15 is 0 Å². The van der Waals surface area contributed by atoms with Crippen LogP contribution in [0.15, 0.2) is 46.9 Å². The topological polar surface area (TPSA) is 38.3 Å². The maximum atomic E-state index is 13.1. The van der Waals surface area contributed by atoms with E-state index in [1.807, 2.05) is 13.8 Å². The summed E-state index contributed by atoms with van der Waals surface area (Å²) < 4.78 is 19.6. The quantitative estimate of drug-likeness (QED) is 0.857. The molecule has 0 unspecified atom stereocenters. The Balaban J connectivity index is 2.12. The molecule has 0 bridgehead atoms. The molecule has 1 N–H and O–H groups in total. The molecule has 2 aromatic carbocycles. The van der Waals surface area contributed by atoms with Crippen LogP contribution in [0.3, 0.4) is 0 Å². The fourth-order valence-electron chi connectivity index (χ4n) is 1.96. The lowest BCUT2D eigenvalue weighted by Crippen LogP contribution is -2.24. The number of carbonyl (C=O) groups is 1. The molecule has 0 heterocycles. The summed E-state index contributed by atoms with van der Waals surface area (Å²) >= 11 is 3.37. The Morgan fingerprint density at radius 2 is 2.05 bits per heavy atom. The van der Waals surface area contributed by atoms with Crippen LogP contribution in [0, 0.1) is 5.82 Å². The Labute approximate surface area is 137 Å². The van der Waals surface area contributed by atoms with Crippen molar-refractivity contribution < 1.29 is 13.9 Å². The highest BCUT2D eigenvalue weighted by molar-refractivity contribution is 9.10. The van der Waals surface area contributed by atoms with E-state index in [-0.39, 0.29) is 24.4 Å². The first kappa shape index (κ1) is 16.5. The Kier molecular flexibility index (Phi) is 5.55. The summed E-state index contributed by atoms with van der Waals surface area (Å²) in [5.74, 6) is -0.0623. The van der Waals surface area contributed by atoms with Crippen LogP contribution in [0.25, 0.3) is 0 Å². The number of amides is 1.